The second-order valence-corrected chi connectivity index (χ2v) is 6.52. The Kier molecular flexibility index (Phi) is 4.89. The van der Waals surface area contributed by atoms with Crippen molar-refractivity contribution >= 4 is 6.03 Å². The molecule has 0 aliphatic heterocycles. The summed E-state index contributed by atoms with van der Waals surface area (Å²) >= 11 is 0. The number of aromatic nitrogens is 2. The van der Waals surface area contributed by atoms with E-state index in [0.29, 0.717) is 5.76 Å². The first-order chi connectivity index (χ1) is 11.6. The number of hydrogen-bond acceptors (Lipinski definition) is 4. The largest absolute Gasteiger partial charge is 0.466 e. The highest BCUT2D eigenvalue weighted by Gasteiger charge is 2.30. The minimum atomic E-state index is -1.24. The summed E-state index contributed by atoms with van der Waals surface area (Å²) in [7, 11) is 0. The summed E-state index contributed by atoms with van der Waals surface area (Å²) in [5, 5.41) is 20.4. The summed E-state index contributed by atoms with van der Waals surface area (Å²) in [5.74, 6) is 0.426. The van der Waals surface area contributed by atoms with Crippen LogP contribution in [0.15, 0.2) is 41.3 Å². The van der Waals surface area contributed by atoms with E-state index in [9.17, 15) is 9.90 Å². The lowest BCUT2D eigenvalue weighted by Crippen LogP contribution is -2.50. The Morgan fingerprint density at radius 1 is 1.46 bits per heavy atom. The average Bonchev–Trinajstić information content (AvgIpc) is 3.27. The summed E-state index contributed by atoms with van der Waals surface area (Å²) in [6.07, 6.45) is 9.34. The zero-order valence-electron chi connectivity index (χ0n) is 13.8. The molecule has 3 rings (SSSR count). The minimum Gasteiger partial charge on any atom is -0.466 e. The quantitative estimate of drug-likeness (QED) is 0.782. The molecule has 1 aliphatic rings. The average molecular weight is 332 g/mol. The topological polar surface area (TPSA) is 92.3 Å². The molecule has 0 saturated heterocycles. The first-order valence-electron chi connectivity index (χ1n) is 8.36. The Labute approximate surface area is 141 Å². The van der Waals surface area contributed by atoms with Crippen molar-refractivity contribution < 1.29 is 14.3 Å². The molecule has 0 aromatic carbocycles. The number of rotatable bonds is 5. The molecule has 1 saturated carbocycles. The van der Waals surface area contributed by atoms with Crippen LogP contribution < -0.4 is 10.6 Å². The van der Waals surface area contributed by atoms with Crippen molar-refractivity contribution in [2.45, 2.75) is 50.3 Å². The lowest BCUT2D eigenvalue weighted by molar-refractivity contribution is 0.0365. The molecule has 2 aromatic heterocycles. The lowest BCUT2D eigenvalue weighted by Gasteiger charge is -2.32. The summed E-state index contributed by atoms with van der Waals surface area (Å²) in [4.78, 5) is 12.2. The molecule has 1 aliphatic carbocycles. The molecule has 0 spiro atoms. The molecule has 7 heteroatoms. The van der Waals surface area contributed by atoms with Crippen LogP contribution in [0.2, 0.25) is 0 Å². The maximum atomic E-state index is 12.2. The van der Waals surface area contributed by atoms with Crippen LogP contribution in [0.5, 0.6) is 0 Å². The number of nitrogens with zero attached hydrogens (tertiary/aromatic N) is 2. The summed E-state index contributed by atoms with van der Waals surface area (Å²) in [5.41, 5.74) is -1.24. The number of furan rings is 1. The number of nitrogens with one attached hydrogen (secondary N) is 2. The fourth-order valence-corrected chi connectivity index (χ4v) is 3.22. The van der Waals surface area contributed by atoms with Crippen molar-refractivity contribution in [3.05, 3.63) is 42.6 Å². The van der Waals surface area contributed by atoms with Crippen LogP contribution in [0.25, 0.3) is 0 Å². The van der Waals surface area contributed by atoms with Gasteiger partial charge in [-0.25, -0.2) is 4.79 Å². The van der Waals surface area contributed by atoms with E-state index in [2.05, 4.69) is 15.7 Å². The Bertz CT molecular complexity index is 637. The molecule has 1 fully saturated rings. The van der Waals surface area contributed by atoms with Gasteiger partial charge in [-0.05, 0) is 38.0 Å². The van der Waals surface area contributed by atoms with Gasteiger partial charge in [-0.2, -0.15) is 5.10 Å². The molecular weight excluding hydrogens is 308 g/mol. The Balaban J connectivity index is 1.55. The van der Waals surface area contributed by atoms with Gasteiger partial charge >= 0.3 is 6.03 Å². The van der Waals surface area contributed by atoms with Crippen molar-refractivity contribution in [2.75, 3.05) is 6.54 Å². The van der Waals surface area contributed by atoms with Crippen LogP contribution in [0.4, 0.5) is 4.79 Å². The second-order valence-electron chi connectivity index (χ2n) is 6.52. The van der Waals surface area contributed by atoms with Gasteiger partial charge in [0.15, 0.2) is 0 Å². The van der Waals surface area contributed by atoms with Gasteiger partial charge in [-0.15, -0.1) is 0 Å². The fourth-order valence-electron chi connectivity index (χ4n) is 3.22. The monoisotopic (exact) mass is 332 g/mol. The van der Waals surface area contributed by atoms with Crippen LogP contribution >= 0.6 is 0 Å². The van der Waals surface area contributed by atoms with Gasteiger partial charge in [0.2, 0.25) is 0 Å². The van der Waals surface area contributed by atoms with Crippen LogP contribution in [-0.4, -0.2) is 33.5 Å². The number of aliphatic hydroxyl groups is 1. The molecule has 24 heavy (non-hydrogen) atoms. The number of urea groups is 1. The fraction of sp³-hybridized carbons (Fsp3) is 0.529. The van der Waals surface area contributed by atoms with E-state index in [4.69, 9.17) is 4.42 Å². The van der Waals surface area contributed by atoms with Crippen LogP contribution in [-0.2, 0) is 5.60 Å². The van der Waals surface area contributed by atoms with Crippen LogP contribution in [0, 0.1) is 0 Å². The van der Waals surface area contributed by atoms with Gasteiger partial charge in [-0.3, -0.25) is 4.68 Å². The first-order valence-corrected chi connectivity index (χ1v) is 8.36. The number of hydrogen-bond donors (Lipinski definition) is 3. The molecule has 7 nitrogen and oxygen atoms in total. The van der Waals surface area contributed by atoms with E-state index in [0.717, 1.165) is 25.7 Å². The van der Waals surface area contributed by atoms with Crippen molar-refractivity contribution in [2.24, 2.45) is 0 Å². The van der Waals surface area contributed by atoms with E-state index in [1.54, 1.807) is 25.3 Å². The summed E-state index contributed by atoms with van der Waals surface area (Å²) in [6, 6.07) is 5.21. The van der Waals surface area contributed by atoms with Crippen molar-refractivity contribution in [1.82, 2.24) is 20.4 Å². The summed E-state index contributed by atoms with van der Waals surface area (Å²) < 4.78 is 7.13. The predicted octanol–water partition coefficient (Wildman–Crippen LogP) is 2.17. The highest BCUT2D eigenvalue weighted by atomic mass is 16.4. The van der Waals surface area contributed by atoms with Crippen molar-refractivity contribution in [3.63, 3.8) is 0 Å². The highest BCUT2D eigenvalue weighted by Crippen LogP contribution is 2.28. The van der Waals surface area contributed by atoms with E-state index in [1.807, 2.05) is 16.9 Å². The van der Waals surface area contributed by atoms with E-state index in [-0.39, 0.29) is 24.7 Å². The van der Waals surface area contributed by atoms with Gasteiger partial charge < -0.3 is 20.2 Å². The third kappa shape index (κ3) is 3.79. The zero-order valence-corrected chi connectivity index (χ0v) is 13.8. The van der Waals surface area contributed by atoms with Gasteiger partial charge in [0.25, 0.3) is 0 Å². The zero-order chi connectivity index (χ0) is 17.0. The number of carbonyl (C=O) groups is 1. The van der Waals surface area contributed by atoms with Gasteiger partial charge in [0.1, 0.15) is 11.4 Å². The molecule has 2 aromatic rings. The molecule has 0 bridgehead atoms. The second kappa shape index (κ2) is 7.09. The van der Waals surface area contributed by atoms with Crippen molar-refractivity contribution in [1.29, 1.82) is 0 Å². The predicted molar refractivity (Wildman–Crippen MR) is 88.3 cm³/mol. The van der Waals surface area contributed by atoms with E-state index >= 15 is 0 Å². The Morgan fingerprint density at radius 2 is 2.29 bits per heavy atom. The molecule has 0 radical (unpaired) electrons. The third-order valence-corrected chi connectivity index (χ3v) is 4.56. The van der Waals surface area contributed by atoms with Gasteiger partial charge in [0, 0.05) is 12.4 Å². The first kappa shape index (κ1) is 16.6. The molecule has 2 heterocycles. The smallest absolute Gasteiger partial charge is 0.315 e. The standard InChI is InChI=1S/C17H24N4O3/c1-17(23,15-8-4-11-24-15)12-18-16(22)20-13-6-2-3-7-14(13)21-10-5-9-19-21/h4-5,8-11,13-14,23H,2-3,6-7,12H2,1H3,(H2,18,20,22)/t13-,14-,17-/m0/s1. The van der Waals surface area contributed by atoms with E-state index < -0.39 is 5.60 Å². The van der Waals surface area contributed by atoms with Gasteiger partial charge in [0.05, 0.1) is 24.9 Å². The normalized spacial score (nSPS) is 23.4. The molecule has 0 unspecified atom stereocenters. The summed E-state index contributed by atoms with van der Waals surface area (Å²) in [6.45, 7) is 1.69. The Hall–Kier alpha value is -2.28. The third-order valence-electron chi connectivity index (χ3n) is 4.56. The molecular formula is C17H24N4O3. The van der Waals surface area contributed by atoms with Crippen LogP contribution in [0.1, 0.15) is 44.4 Å². The van der Waals surface area contributed by atoms with Gasteiger partial charge in [-0.1, -0.05) is 12.8 Å². The van der Waals surface area contributed by atoms with E-state index in [1.165, 1.54) is 6.26 Å². The molecule has 3 atom stereocenters. The minimum absolute atomic E-state index is 0.0345. The maximum Gasteiger partial charge on any atom is 0.315 e. The maximum absolute atomic E-state index is 12.2. The molecule has 3 N–H and O–H groups in total. The lowest BCUT2D eigenvalue weighted by atomic mass is 9.90. The SMILES string of the molecule is C[C@](O)(CNC(=O)N[C@H]1CCCC[C@@H]1n1cccn1)c1ccco1. The molecule has 2 amide bonds. The Morgan fingerprint density at radius 3 is 3.00 bits per heavy atom. The van der Waals surface area contributed by atoms with Crippen LogP contribution in [0.3, 0.4) is 0 Å². The number of amides is 2. The molecule has 130 valence electrons. The number of carbonyl (C=O) groups excluding carboxylic acids is 1. The van der Waals surface area contributed by atoms with Crippen molar-refractivity contribution in [3.8, 4) is 0 Å². The highest BCUT2D eigenvalue weighted by molar-refractivity contribution is 5.74.